The van der Waals surface area contributed by atoms with E-state index in [0.717, 1.165) is 18.7 Å². The number of anilines is 1. The van der Waals surface area contributed by atoms with Crippen molar-refractivity contribution in [1.29, 1.82) is 0 Å². The normalized spacial score (nSPS) is 13.9. The molecule has 0 bridgehead atoms. The lowest BCUT2D eigenvalue weighted by Gasteiger charge is -2.07. The van der Waals surface area contributed by atoms with Gasteiger partial charge >= 0.3 is 0 Å². The second-order valence-electron chi connectivity index (χ2n) is 4.96. The predicted molar refractivity (Wildman–Crippen MR) is 85.7 cm³/mol. The fraction of sp³-hybridized carbons (Fsp3) is 0.357. The molecule has 0 radical (unpaired) electrons. The van der Waals surface area contributed by atoms with Gasteiger partial charge in [0.1, 0.15) is 11.6 Å². The minimum absolute atomic E-state index is 0.135. The fourth-order valence-corrected chi connectivity index (χ4v) is 2.80. The van der Waals surface area contributed by atoms with Crippen LogP contribution in [0.1, 0.15) is 24.6 Å². The van der Waals surface area contributed by atoms with Crippen LogP contribution in [-0.4, -0.2) is 34.0 Å². The van der Waals surface area contributed by atoms with Gasteiger partial charge in [-0.1, -0.05) is 23.4 Å². The Kier molecular flexibility index (Phi) is 4.54. The molecule has 116 valence electrons. The summed E-state index contributed by atoms with van der Waals surface area (Å²) in [4.78, 5) is 16.3. The average Bonchev–Trinajstić information content (AvgIpc) is 3.24. The van der Waals surface area contributed by atoms with Crippen molar-refractivity contribution in [3.8, 4) is 5.75 Å². The monoisotopic (exact) mass is 338 g/mol. The summed E-state index contributed by atoms with van der Waals surface area (Å²) in [7, 11) is 1.54. The summed E-state index contributed by atoms with van der Waals surface area (Å²) in [5.74, 6) is 2.12. The van der Waals surface area contributed by atoms with Crippen LogP contribution in [0.3, 0.4) is 0 Å². The van der Waals surface area contributed by atoms with Crippen LogP contribution in [0.15, 0.2) is 23.4 Å². The van der Waals surface area contributed by atoms with Crippen molar-refractivity contribution in [2.24, 2.45) is 0 Å². The molecule has 22 heavy (non-hydrogen) atoms. The minimum Gasteiger partial charge on any atom is -0.495 e. The number of methoxy groups -OCH3 is 1. The maximum Gasteiger partial charge on any atom is 0.234 e. The van der Waals surface area contributed by atoms with E-state index in [9.17, 15) is 4.79 Å². The van der Waals surface area contributed by atoms with E-state index < -0.39 is 0 Å². The first kappa shape index (κ1) is 15.2. The molecule has 2 aromatic rings. The summed E-state index contributed by atoms with van der Waals surface area (Å²) in [6.45, 7) is 0. The largest absolute Gasteiger partial charge is 0.495 e. The van der Waals surface area contributed by atoms with Crippen molar-refractivity contribution < 1.29 is 9.53 Å². The van der Waals surface area contributed by atoms with Gasteiger partial charge in [-0.05, 0) is 31.0 Å². The number of nitrogens with one attached hydrogen (secondary N) is 2. The number of thioether (sulfide) groups is 1. The zero-order valence-corrected chi connectivity index (χ0v) is 13.5. The third kappa shape index (κ3) is 3.72. The molecule has 1 aliphatic rings. The van der Waals surface area contributed by atoms with Gasteiger partial charge in [-0.3, -0.25) is 9.89 Å². The number of benzene rings is 1. The number of H-pyrrole nitrogens is 1. The van der Waals surface area contributed by atoms with E-state index in [1.54, 1.807) is 25.3 Å². The van der Waals surface area contributed by atoms with E-state index in [1.165, 1.54) is 11.8 Å². The van der Waals surface area contributed by atoms with Gasteiger partial charge in [0.25, 0.3) is 0 Å². The lowest BCUT2D eigenvalue weighted by atomic mass is 10.3. The summed E-state index contributed by atoms with van der Waals surface area (Å²) in [5, 5.41) is 10.9. The molecule has 1 heterocycles. The minimum atomic E-state index is -0.135. The Labute approximate surface area is 137 Å². The molecule has 0 unspecified atom stereocenters. The van der Waals surface area contributed by atoms with E-state index in [0.29, 0.717) is 27.5 Å². The highest BCUT2D eigenvalue weighted by molar-refractivity contribution is 7.99. The third-order valence-electron chi connectivity index (χ3n) is 3.21. The van der Waals surface area contributed by atoms with E-state index >= 15 is 0 Å². The Hall–Kier alpha value is -1.73. The molecule has 1 saturated carbocycles. The van der Waals surface area contributed by atoms with Gasteiger partial charge in [-0.2, -0.15) is 0 Å². The van der Waals surface area contributed by atoms with Gasteiger partial charge in [-0.25, -0.2) is 4.98 Å². The van der Waals surface area contributed by atoms with Gasteiger partial charge in [0.15, 0.2) is 0 Å². The number of aromatic amines is 1. The molecule has 0 atom stereocenters. The van der Waals surface area contributed by atoms with Crippen molar-refractivity contribution >= 4 is 35.0 Å². The molecule has 6 nitrogen and oxygen atoms in total. The molecular weight excluding hydrogens is 324 g/mol. The van der Waals surface area contributed by atoms with Crippen molar-refractivity contribution in [2.75, 3.05) is 18.2 Å². The molecule has 8 heteroatoms. The molecule has 2 N–H and O–H groups in total. The van der Waals surface area contributed by atoms with Crippen molar-refractivity contribution in [2.45, 2.75) is 23.9 Å². The van der Waals surface area contributed by atoms with E-state index in [4.69, 9.17) is 16.3 Å². The van der Waals surface area contributed by atoms with Crippen molar-refractivity contribution in [1.82, 2.24) is 15.2 Å². The number of carbonyl (C=O) groups is 1. The first-order valence-corrected chi connectivity index (χ1v) is 8.20. The first-order chi connectivity index (χ1) is 10.7. The van der Waals surface area contributed by atoms with Crippen LogP contribution in [0, 0.1) is 0 Å². The molecular formula is C14H15ClN4O2S. The highest BCUT2D eigenvalue weighted by atomic mass is 35.5. The number of nitrogens with zero attached hydrogens (tertiary/aromatic N) is 2. The summed E-state index contributed by atoms with van der Waals surface area (Å²) in [5.41, 5.74) is 0.630. The van der Waals surface area contributed by atoms with Crippen molar-refractivity contribution in [3.05, 3.63) is 29.0 Å². The molecule has 1 fully saturated rings. The average molecular weight is 339 g/mol. The maximum absolute atomic E-state index is 11.9. The second kappa shape index (κ2) is 6.58. The predicted octanol–water partition coefficient (Wildman–Crippen LogP) is 3.07. The Morgan fingerprint density at radius 2 is 2.36 bits per heavy atom. The van der Waals surface area contributed by atoms with Crippen LogP contribution in [0.2, 0.25) is 5.02 Å². The molecule has 1 aromatic carbocycles. The zero-order chi connectivity index (χ0) is 15.5. The van der Waals surface area contributed by atoms with Gasteiger partial charge in [0.05, 0.1) is 17.9 Å². The van der Waals surface area contributed by atoms with Gasteiger partial charge in [-0.15, -0.1) is 5.10 Å². The van der Waals surface area contributed by atoms with Crippen LogP contribution in [0.5, 0.6) is 5.75 Å². The van der Waals surface area contributed by atoms with E-state index in [2.05, 4.69) is 20.5 Å². The summed E-state index contributed by atoms with van der Waals surface area (Å²) in [6, 6.07) is 5.11. The summed E-state index contributed by atoms with van der Waals surface area (Å²) < 4.78 is 5.07. The molecule has 0 saturated heterocycles. The SMILES string of the molecule is COc1ccc(NC(=O)CSc2n[nH]c(C3CC3)n2)cc1Cl. The Morgan fingerprint density at radius 3 is 3.05 bits per heavy atom. The molecule has 1 amide bonds. The smallest absolute Gasteiger partial charge is 0.234 e. The molecule has 1 aliphatic carbocycles. The number of aromatic nitrogens is 3. The van der Waals surface area contributed by atoms with Crippen LogP contribution >= 0.6 is 23.4 Å². The molecule has 0 aliphatic heterocycles. The van der Waals surface area contributed by atoms with Crippen LogP contribution in [0.25, 0.3) is 0 Å². The highest BCUT2D eigenvalue weighted by Gasteiger charge is 2.27. The van der Waals surface area contributed by atoms with Gasteiger partial charge < -0.3 is 10.1 Å². The quantitative estimate of drug-likeness (QED) is 0.791. The Balaban J connectivity index is 1.52. The highest BCUT2D eigenvalue weighted by Crippen LogP contribution is 2.38. The lowest BCUT2D eigenvalue weighted by molar-refractivity contribution is -0.113. The number of ether oxygens (including phenoxy) is 1. The number of rotatable bonds is 6. The Morgan fingerprint density at radius 1 is 1.55 bits per heavy atom. The lowest BCUT2D eigenvalue weighted by Crippen LogP contribution is -2.14. The molecule has 0 spiro atoms. The third-order valence-corrected chi connectivity index (χ3v) is 4.36. The van der Waals surface area contributed by atoms with Crippen LogP contribution < -0.4 is 10.1 Å². The summed E-state index contributed by atoms with van der Waals surface area (Å²) >= 11 is 7.32. The second-order valence-corrected chi connectivity index (χ2v) is 6.31. The van der Waals surface area contributed by atoms with Gasteiger partial charge in [0, 0.05) is 11.6 Å². The first-order valence-electron chi connectivity index (χ1n) is 6.84. The topological polar surface area (TPSA) is 79.9 Å². The standard InChI is InChI=1S/C14H15ClN4O2S/c1-21-11-5-4-9(6-10(11)15)16-12(20)7-22-14-17-13(18-19-14)8-2-3-8/h4-6,8H,2-3,7H2,1H3,(H,16,20)(H,17,18,19). The fourth-order valence-electron chi connectivity index (χ4n) is 1.93. The number of hydrogen-bond acceptors (Lipinski definition) is 5. The number of amides is 1. The summed E-state index contributed by atoms with van der Waals surface area (Å²) in [6.07, 6.45) is 2.33. The van der Waals surface area contributed by atoms with E-state index in [1.807, 2.05) is 0 Å². The number of carbonyl (C=O) groups excluding carboxylic acids is 1. The van der Waals surface area contributed by atoms with Crippen molar-refractivity contribution in [3.63, 3.8) is 0 Å². The van der Waals surface area contributed by atoms with Gasteiger partial charge in [0.2, 0.25) is 11.1 Å². The number of hydrogen-bond donors (Lipinski definition) is 2. The van der Waals surface area contributed by atoms with E-state index in [-0.39, 0.29) is 11.7 Å². The van der Waals surface area contributed by atoms with Crippen LogP contribution in [-0.2, 0) is 4.79 Å². The Bertz CT molecular complexity index is 687. The maximum atomic E-state index is 11.9. The number of halogens is 1. The molecule has 1 aromatic heterocycles. The van der Waals surface area contributed by atoms with Crippen LogP contribution in [0.4, 0.5) is 5.69 Å². The zero-order valence-electron chi connectivity index (χ0n) is 11.9. The molecule has 3 rings (SSSR count).